The van der Waals surface area contributed by atoms with Gasteiger partial charge in [0.25, 0.3) is 5.95 Å². The predicted octanol–water partition coefficient (Wildman–Crippen LogP) is -0.563. The fourth-order valence-electron chi connectivity index (χ4n) is 2.18. The van der Waals surface area contributed by atoms with Gasteiger partial charge in [0.2, 0.25) is 5.89 Å². The standard InChI is InChI=1S/C11H18N4O3/c1-4-17-8-9(12-1)7-10-13-11(14-18-10)15-2-5-16-6-3-15/h9,12H,1-8H2. The minimum atomic E-state index is 0.275. The zero-order valence-electron chi connectivity index (χ0n) is 10.3. The summed E-state index contributed by atoms with van der Waals surface area (Å²) >= 11 is 0. The van der Waals surface area contributed by atoms with E-state index in [1.807, 2.05) is 0 Å². The molecule has 1 aromatic rings. The van der Waals surface area contributed by atoms with E-state index in [0.717, 1.165) is 45.9 Å². The molecule has 1 aromatic heterocycles. The molecular formula is C11H18N4O3. The summed E-state index contributed by atoms with van der Waals surface area (Å²) in [6, 6.07) is 0.275. The maximum atomic E-state index is 5.40. The molecule has 0 spiro atoms. The minimum Gasteiger partial charge on any atom is -0.378 e. The van der Waals surface area contributed by atoms with Crippen molar-refractivity contribution in [2.24, 2.45) is 0 Å². The molecule has 1 atom stereocenters. The molecule has 2 fully saturated rings. The van der Waals surface area contributed by atoms with Crippen molar-refractivity contribution >= 4 is 5.95 Å². The molecule has 0 aliphatic carbocycles. The summed E-state index contributed by atoms with van der Waals surface area (Å²) in [7, 11) is 0. The van der Waals surface area contributed by atoms with Crippen LogP contribution in [0.5, 0.6) is 0 Å². The van der Waals surface area contributed by atoms with Crippen LogP contribution < -0.4 is 10.2 Å². The van der Waals surface area contributed by atoms with Gasteiger partial charge < -0.3 is 24.2 Å². The third-order valence-electron chi connectivity index (χ3n) is 3.17. The number of rotatable bonds is 3. The Hall–Kier alpha value is -1.18. The Balaban J connectivity index is 1.58. The Labute approximate surface area is 105 Å². The van der Waals surface area contributed by atoms with Gasteiger partial charge in [0, 0.05) is 32.1 Å². The first-order valence-electron chi connectivity index (χ1n) is 6.38. The Bertz CT molecular complexity index is 372. The Morgan fingerprint density at radius 3 is 2.89 bits per heavy atom. The van der Waals surface area contributed by atoms with Crippen molar-refractivity contribution in [1.82, 2.24) is 15.5 Å². The van der Waals surface area contributed by atoms with Crippen molar-refractivity contribution < 1.29 is 14.0 Å². The van der Waals surface area contributed by atoms with E-state index in [1.54, 1.807) is 0 Å². The Morgan fingerprint density at radius 2 is 2.11 bits per heavy atom. The average Bonchev–Trinajstić information content (AvgIpc) is 2.89. The van der Waals surface area contributed by atoms with Gasteiger partial charge in [0.15, 0.2) is 0 Å². The first-order chi connectivity index (χ1) is 8.92. The molecule has 0 radical (unpaired) electrons. The third-order valence-corrected chi connectivity index (χ3v) is 3.17. The lowest BCUT2D eigenvalue weighted by Crippen LogP contribution is -2.42. The summed E-state index contributed by atoms with van der Waals surface area (Å²) in [4.78, 5) is 6.51. The monoisotopic (exact) mass is 254 g/mol. The van der Waals surface area contributed by atoms with Crippen LogP contribution in [0, 0.1) is 0 Å². The van der Waals surface area contributed by atoms with Crippen molar-refractivity contribution in [2.45, 2.75) is 12.5 Å². The van der Waals surface area contributed by atoms with E-state index in [1.165, 1.54) is 0 Å². The van der Waals surface area contributed by atoms with Crippen LogP contribution in [0.15, 0.2) is 4.52 Å². The molecule has 7 heteroatoms. The van der Waals surface area contributed by atoms with Gasteiger partial charge in [-0.2, -0.15) is 4.98 Å². The van der Waals surface area contributed by atoms with Crippen LogP contribution in [-0.2, 0) is 15.9 Å². The molecule has 2 saturated heterocycles. The van der Waals surface area contributed by atoms with E-state index in [9.17, 15) is 0 Å². The van der Waals surface area contributed by atoms with Crippen molar-refractivity contribution in [3.8, 4) is 0 Å². The summed E-state index contributed by atoms with van der Waals surface area (Å²) in [5.41, 5.74) is 0. The smallest absolute Gasteiger partial charge is 0.266 e. The molecular weight excluding hydrogens is 236 g/mol. The summed E-state index contributed by atoms with van der Waals surface area (Å²) < 4.78 is 16.0. The molecule has 1 unspecified atom stereocenters. The van der Waals surface area contributed by atoms with E-state index >= 15 is 0 Å². The second-order valence-electron chi connectivity index (χ2n) is 4.52. The fourth-order valence-corrected chi connectivity index (χ4v) is 2.18. The number of hydrogen-bond donors (Lipinski definition) is 1. The van der Waals surface area contributed by atoms with Crippen molar-refractivity contribution in [3.63, 3.8) is 0 Å². The highest BCUT2D eigenvalue weighted by atomic mass is 16.5. The van der Waals surface area contributed by atoms with E-state index in [-0.39, 0.29) is 6.04 Å². The maximum Gasteiger partial charge on any atom is 0.266 e. The fraction of sp³-hybridized carbons (Fsp3) is 0.818. The predicted molar refractivity (Wildman–Crippen MR) is 63.6 cm³/mol. The molecule has 18 heavy (non-hydrogen) atoms. The summed E-state index contributed by atoms with van der Waals surface area (Å²) in [5, 5.41) is 7.39. The molecule has 2 aliphatic rings. The first kappa shape index (κ1) is 11.9. The van der Waals surface area contributed by atoms with E-state index in [4.69, 9.17) is 14.0 Å². The van der Waals surface area contributed by atoms with Crippen LogP contribution in [0.2, 0.25) is 0 Å². The molecule has 3 heterocycles. The van der Waals surface area contributed by atoms with Crippen LogP contribution >= 0.6 is 0 Å². The van der Waals surface area contributed by atoms with E-state index in [2.05, 4.69) is 20.4 Å². The largest absolute Gasteiger partial charge is 0.378 e. The lowest BCUT2D eigenvalue weighted by molar-refractivity contribution is 0.0744. The number of aromatic nitrogens is 2. The van der Waals surface area contributed by atoms with Crippen molar-refractivity contribution in [3.05, 3.63) is 5.89 Å². The number of morpholine rings is 2. The topological polar surface area (TPSA) is 72.7 Å². The maximum absolute atomic E-state index is 5.40. The Morgan fingerprint density at radius 1 is 1.22 bits per heavy atom. The average molecular weight is 254 g/mol. The summed E-state index contributed by atoms with van der Waals surface area (Å²) in [6.07, 6.45) is 0.720. The van der Waals surface area contributed by atoms with Gasteiger partial charge in [-0.15, -0.1) is 0 Å². The van der Waals surface area contributed by atoms with E-state index < -0.39 is 0 Å². The first-order valence-corrected chi connectivity index (χ1v) is 6.38. The van der Waals surface area contributed by atoms with Crippen LogP contribution in [0.3, 0.4) is 0 Å². The molecule has 100 valence electrons. The zero-order valence-corrected chi connectivity index (χ0v) is 10.3. The van der Waals surface area contributed by atoms with Gasteiger partial charge in [0.1, 0.15) is 0 Å². The SMILES string of the molecule is C1COCC(Cc2nc(N3CCOCC3)no2)N1. The lowest BCUT2D eigenvalue weighted by Gasteiger charge is -2.24. The summed E-state index contributed by atoms with van der Waals surface area (Å²) in [5.74, 6) is 1.34. The minimum absolute atomic E-state index is 0.275. The van der Waals surface area contributed by atoms with Crippen LogP contribution in [0.1, 0.15) is 5.89 Å². The van der Waals surface area contributed by atoms with Crippen LogP contribution in [0.25, 0.3) is 0 Å². The van der Waals surface area contributed by atoms with Crippen molar-refractivity contribution in [2.75, 3.05) is 51.0 Å². The molecule has 1 N–H and O–H groups in total. The molecule has 0 bridgehead atoms. The van der Waals surface area contributed by atoms with Gasteiger partial charge in [0.05, 0.1) is 26.4 Å². The zero-order chi connectivity index (χ0) is 12.2. The highest BCUT2D eigenvalue weighted by Gasteiger charge is 2.20. The number of nitrogens with zero attached hydrogens (tertiary/aromatic N) is 3. The second-order valence-corrected chi connectivity index (χ2v) is 4.52. The number of hydrogen-bond acceptors (Lipinski definition) is 7. The van der Waals surface area contributed by atoms with Gasteiger partial charge >= 0.3 is 0 Å². The lowest BCUT2D eigenvalue weighted by atomic mass is 10.2. The van der Waals surface area contributed by atoms with Gasteiger partial charge in [-0.1, -0.05) is 0 Å². The highest BCUT2D eigenvalue weighted by molar-refractivity contribution is 5.28. The normalized spacial score (nSPS) is 25.3. The van der Waals surface area contributed by atoms with Gasteiger partial charge in [-0.3, -0.25) is 0 Å². The van der Waals surface area contributed by atoms with Gasteiger partial charge in [-0.25, -0.2) is 0 Å². The highest BCUT2D eigenvalue weighted by Crippen LogP contribution is 2.12. The van der Waals surface area contributed by atoms with Crippen molar-refractivity contribution in [1.29, 1.82) is 0 Å². The quantitative estimate of drug-likeness (QED) is 0.775. The number of ether oxygens (including phenoxy) is 2. The molecule has 0 aromatic carbocycles. The van der Waals surface area contributed by atoms with Crippen LogP contribution in [0.4, 0.5) is 5.95 Å². The number of nitrogens with one attached hydrogen (secondary N) is 1. The molecule has 3 rings (SSSR count). The molecule has 7 nitrogen and oxygen atoms in total. The third kappa shape index (κ3) is 2.80. The van der Waals surface area contributed by atoms with Gasteiger partial charge in [-0.05, 0) is 5.16 Å². The molecule has 0 saturated carbocycles. The summed E-state index contributed by atoms with van der Waals surface area (Å²) in [6.45, 7) is 5.46. The molecule has 2 aliphatic heterocycles. The second kappa shape index (κ2) is 5.64. The molecule has 0 amide bonds. The van der Waals surface area contributed by atoms with Crippen LogP contribution in [-0.4, -0.2) is 62.2 Å². The Kier molecular flexibility index (Phi) is 3.72. The number of anilines is 1. The van der Waals surface area contributed by atoms with E-state index in [0.29, 0.717) is 18.4 Å².